The SMILES string of the molecule is CCc1nc(NC)cc(Nc2ccc3c(c2)OCO3)n1. The third-order valence-electron chi connectivity index (χ3n) is 2.99. The molecule has 3 rings (SSSR count). The highest BCUT2D eigenvalue weighted by Gasteiger charge is 2.13. The van der Waals surface area contributed by atoms with E-state index in [2.05, 4.69) is 20.6 Å². The number of ether oxygens (including phenoxy) is 2. The average Bonchev–Trinajstić information content (AvgIpc) is 2.94. The van der Waals surface area contributed by atoms with Crippen molar-refractivity contribution in [2.45, 2.75) is 13.3 Å². The molecule has 0 spiro atoms. The molecule has 2 aromatic rings. The molecule has 1 aromatic carbocycles. The Bertz CT molecular complexity index is 608. The summed E-state index contributed by atoms with van der Waals surface area (Å²) in [6.45, 7) is 2.30. The van der Waals surface area contributed by atoms with E-state index < -0.39 is 0 Å². The lowest BCUT2D eigenvalue weighted by Crippen LogP contribution is -2.03. The van der Waals surface area contributed by atoms with Gasteiger partial charge >= 0.3 is 0 Å². The summed E-state index contributed by atoms with van der Waals surface area (Å²) in [5.41, 5.74) is 0.900. The number of hydrogen-bond acceptors (Lipinski definition) is 6. The molecule has 0 aliphatic carbocycles. The molecule has 0 unspecified atom stereocenters. The van der Waals surface area contributed by atoms with Crippen LogP contribution in [0.15, 0.2) is 24.3 Å². The van der Waals surface area contributed by atoms with E-state index in [-0.39, 0.29) is 6.79 Å². The van der Waals surface area contributed by atoms with E-state index in [4.69, 9.17) is 9.47 Å². The molecule has 0 saturated heterocycles. The van der Waals surface area contributed by atoms with E-state index in [1.807, 2.05) is 38.2 Å². The summed E-state index contributed by atoms with van der Waals surface area (Å²) in [5.74, 6) is 3.84. The molecule has 1 aromatic heterocycles. The molecular formula is C14H16N4O2. The molecule has 0 bridgehead atoms. The van der Waals surface area contributed by atoms with Gasteiger partial charge in [0.05, 0.1) is 0 Å². The molecule has 0 radical (unpaired) electrons. The molecule has 104 valence electrons. The number of nitrogens with zero attached hydrogens (tertiary/aromatic N) is 2. The third kappa shape index (κ3) is 2.45. The molecule has 0 atom stereocenters. The van der Waals surface area contributed by atoms with Gasteiger partial charge in [-0.3, -0.25) is 0 Å². The lowest BCUT2D eigenvalue weighted by atomic mass is 10.2. The summed E-state index contributed by atoms with van der Waals surface area (Å²) in [6, 6.07) is 7.57. The van der Waals surface area contributed by atoms with Gasteiger partial charge in [-0.1, -0.05) is 6.92 Å². The quantitative estimate of drug-likeness (QED) is 0.891. The molecule has 6 heteroatoms. The van der Waals surface area contributed by atoms with E-state index in [0.717, 1.165) is 41.1 Å². The van der Waals surface area contributed by atoms with Gasteiger partial charge in [-0.2, -0.15) is 0 Å². The van der Waals surface area contributed by atoms with Crippen LogP contribution in [-0.2, 0) is 6.42 Å². The first kappa shape index (κ1) is 12.5. The van der Waals surface area contributed by atoms with E-state index in [1.165, 1.54) is 0 Å². The van der Waals surface area contributed by atoms with Crippen molar-refractivity contribution in [1.82, 2.24) is 9.97 Å². The zero-order valence-corrected chi connectivity index (χ0v) is 11.4. The van der Waals surface area contributed by atoms with E-state index >= 15 is 0 Å². The molecule has 2 N–H and O–H groups in total. The van der Waals surface area contributed by atoms with E-state index in [9.17, 15) is 0 Å². The van der Waals surface area contributed by atoms with Crippen LogP contribution in [0, 0.1) is 0 Å². The Kier molecular flexibility index (Phi) is 3.28. The molecule has 6 nitrogen and oxygen atoms in total. The first-order valence-electron chi connectivity index (χ1n) is 6.51. The summed E-state index contributed by atoms with van der Waals surface area (Å²) in [7, 11) is 1.84. The fraction of sp³-hybridized carbons (Fsp3) is 0.286. The smallest absolute Gasteiger partial charge is 0.231 e. The van der Waals surface area contributed by atoms with Crippen LogP contribution in [0.25, 0.3) is 0 Å². The van der Waals surface area contributed by atoms with Gasteiger partial charge in [0.1, 0.15) is 17.5 Å². The molecule has 20 heavy (non-hydrogen) atoms. The maximum Gasteiger partial charge on any atom is 0.231 e. The van der Waals surface area contributed by atoms with Crippen LogP contribution in [0.3, 0.4) is 0 Å². The maximum atomic E-state index is 5.36. The van der Waals surface area contributed by atoms with Crippen LogP contribution in [0.1, 0.15) is 12.7 Å². The summed E-state index contributed by atoms with van der Waals surface area (Å²) in [5, 5.41) is 6.29. The van der Waals surface area contributed by atoms with E-state index in [1.54, 1.807) is 0 Å². The van der Waals surface area contributed by atoms with E-state index in [0.29, 0.717) is 0 Å². The number of anilines is 3. The van der Waals surface area contributed by atoms with Crippen LogP contribution >= 0.6 is 0 Å². The summed E-state index contributed by atoms with van der Waals surface area (Å²) >= 11 is 0. The van der Waals surface area contributed by atoms with Crippen LogP contribution in [0.5, 0.6) is 11.5 Å². The highest BCUT2D eigenvalue weighted by atomic mass is 16.7. The predicted octanol–water partition coefficient (Wildman–Crippen LogP) is 2.55. The lowest BCUT2D eigenvalue weighted by molar-refractivity contribution is 0.174. The lowest BCUT2D eigenvalue weighted by Gasteiger charge is -2.09. The molecule has 0 amide bonds. The van der Waals surface area contributed by atoms with Crippen molar-refractivity contribution in [2.75, 3.05) is 24.5 Å². The maximum absolute atomic E-state index is 5.36. The number of fused-ring (bicyclic) bond motifs is 1. The number of hydrogen-bond donors (Lipinski definition) is 2. The normalized spacial score (nSPS) is 12.3. The zero-order chi connectivity index (χ0) is 13.9. The van der Waals surface area contributed by atoms with Crippen LogP contribution < -0.4 is 20.1 Å². The summed E-state index contributed by atoms with van der Waals surface area (Å²) in [4.78, 5) is 8.82. The van der Waals surface area contributed by atoms with Gasteiger partial charge in [0.15, 0.2) is 11.5 Å². The minimum absolute atomic E-state index is 0.274. The van der Waals surface area contributed by atoms with Gasteiger partial charge in [-0.05, 0) is 12.1 Å². The fourth-order valence-corrected chi connectivity index (χ4v) is 1.97. The minimum Gasteiger partial charge on any atom is -0.454 e. The van der Waals surface area contributed by atoms with Crippen molar-refractivity contribution in [3.05, 3.63) is 30.1 Å². The van der Waals surface area contributed by atoms with Crippen molar-refractivity contribution in [3.8, 4) is 11.5 Å². The van der Waals surface area contributed by atoms with Crippen molar-refractivity contribution in [3.63, 3.8) is 0 Å². The number of nitrogens with one attached hydrogen (secondary N) is 2. The monoisotopic (exact) mass is 272 g/mol. The van der Waals surface area contributed by atoms with Crippen molar-refractivity contribution in [1.29, 1.82) is 0 Å². The van der Waals surface area contributed by atoms with Crippen molar-refractivity contribution >= 4 is 17.3 Å². The predicted molar refractivity (Wildman–Crippen MR) is 76.8 cm³/mol. The third-order valence-corrected chi connectivity index (χ3v) is 2.99. The first-order chi connectivity index (χ1) is 9.78. The fourth-order valence-electron chi connectivity index (χ4n) is 1.97. The topological polar surface area (TPSA) is 68.3 Å². The average molecular weight is 272 g/mol. The Labute approximate surface area is 117 Å². The number of aromatic nitrogens is 2. The van der Waals surface area contributed by atoms with Crippen LogP contribution in [0.4, 0.5) is 17.3 Å². The van der Waals surface area contributed by atoms with Crippen LogP contribution in [-0.4, -0.2) is 23.8 Å². The van der Waals surface area contributed by atoms with Crippen molar-refractivity contribution < 1.29 is 9.47 Å². The molecular weight excluding hydrogens is 256 g/mol. The second-order valence-electron chi connectivity index (χ2n) is 4.35. The molecule has 1 aliphatic rings. The standard InChI is InChI=1S/C14H16N4O2/c1-3-12-17-13(15-2)7-14(18-12)16-9-4-5-10-11(6-9)20-8-19-10/h4-7H,3,8H2,1-2H3,(H2,15,16,17,18). The highest BCUT2D eigenvalue weighted by molar-refractivity contribution is 5.63. The first-order valence-corrected chi connectivity index (χ1v) is 6.51. The minimum atomic E-state index is 0.274. The Morgan fingerprint density at radius 1 is 1.10 bits per heavy atom. The molecule has 0 saturated carbocycles. The zero-order valence-electron chi connectivity index (χ0n) is 11.4. The molecule has 2 heterocycles. The van der Waals surface area contributed by atoms with Gasteiger partial charge in [0.2, 0.25) is 6.79 Å². The second-order valence-corrected chi connectivity index (χ2v) is 4.35. The van der Waals surface area contributed by atoms with Crippen LogP contribution in [0.2, 0.25) is 0 Å². The van der Waals surface area contributed by atoms with Gasteiger partial charge in [-0.25, -0.2) is 9.97 Å². The van der Waals surface area contributed by atoms with Gasteiger partial charge in [0.25, 0.3) is 0 Å². The Balaban J connectivity index is 1.87. The Morgan fingerprint density at radius 3 is 2.70 bits per heavy atom. The number of rotatable bonds is 4. The summed E-state index contributed by atoms with van der Waals surface area (Å²) in [6.07, 6.45) is 0.783. The summed E-state index contributed by atoms with van der Waals surface area (Å²) < 4.78 is 10.7. The Hall–Kier alpha value is -2.50. The van der Waals surface area contributed by atoms with Crippen molar-refractivity contribution in [2.24, 2.45) is 0 Å². The molecule has 1 aliphatic heterocycles. The number of aryl methyl sites for hydroxylation is 1. The highest BCUT2D eigenvalue weighted by Crippen LogP contribution is 2.35. The van der Waals surface area contributed by atoms with Gasteiger partial charge in [-0.15, -0.1) is 0 Å². The Morgan fingerprint density at radius 2 is 1.90 bits per heavy atom. The largest absolute Gasteiger partial charge is 0.454 e. The molecule has 0 fully saturated rings. The second kappa shape index (κ2) is 5.24. The van der Waals surface area contributed by atoms with Gasteiger partial charge in [0, 0.05) is 31.3 Å². The van der Waals surface area contributed by atoms with Gasteiger partial charge < -0.3 is 20.1 Å². The number of benzene rings is 1.